The second-order valence-corrected chi connectivity index (χ2v) is 7.03. The van der Waals surface area contributed by atoms with Crippen LogP contribution in [-0.4, -0.2) is 48.8 Å². The van der Waals surface area contributed by atoms with E-state index in [4.69, 9.17) is 14.5 Å². The Balaban J connectivity index is 1.67. The second-order valence-electron chi connectivity index (χ2n) is 7.03. The first-order valence-electron chi connectivity index (χ1n) is 10.2. The Kier molecular flexibility index (Phi) is 6.24. The first kappa shape index (κ1) is 20.6. The number of ether oxygens (including phenoxy) is 2. The Hall–Kier alpha value is -3.70. The van der Waals surface area contributed by atoms with E-state index < -0.39 is 11.8 Å². The van der Waals surface area contributed by atoms with E-state index in [1.165, 1.54) is 0 Å². The molecule has 1 N–H and O–H groups in total. The van der Waals surface area contributed by atoms with E-state index in [1.807, 2.05) is 36.1 Å². The maximum absolute atomic E-state index is 13.1. The van der Waals surface area contributed by atoms with Crippen molar-refractivity contribution in [2.45, 2.75) is 12.8 Å². The average Bonchev–Trinajstić information content (AvgIpc) is 2.81. The van der Waals surface area contributed by atoms with Gasteiger partial charge in [-0.25, -0.2) is 9.97 Å². The van der Waals surface area contributed by atoms with Crippen LogP contribution in [0, 0.1) is 11.3 Å². The van der Waals surface area contributed by atoms with Gasteiger partial charge in [-0.15, -0.1) is 0 Å². The van der Waals surface area contributed by atoms with Crippen LogP contribution in [0.3, 0.4) is 0 Å². The first-order chi connectivity index (χ1) is 15.2. The van der Waals surface area contributed by atoms with Crippen molar-refractivity contribution in [3.05, 3.63) is 54.2 Å². The van der Waals surface area contributed by atoms with Crippen molar-refractivity contribution in [3.63, 3.8) is 0 Å². The molecule has 4 rings (SSSR count). The maximum Gasteiger partial charge on any atom is 0.248 e. The highest BCUT2D eigenvalue weighted by molar-refractivity contribution is 5.98. The molecule has 8 heteroatoms. The van der Waals surface area contributed by atoms with Gasteiger partial charge in [0, 0.05) is 18.8 Å². The quantitative estimate of drug-likeness (QED) is 0.658. The third-order valence-electron chi connectivity index (χ3n) is 4.99. The number of hydrogen-bond acceptors (Lipinski definition) is 7. The van der Waals surface area contributed by atoms with E-state index in [9.17, 15) is 10.1 Å². The van der Waals surface area contributed by atoms with Gasteiger partial charge in [0.2, 0.25) is 5.91 Å². The summed E-state index contributed by atoms with van der Waals surface area (Å²) in [4.78, 5) is 24.5. The molecule has 1 atom stereocenters. The van der Waals surface area contributed by atoms with Crippen molar-refractivity contribution < 1.29 is 14.3 Å². The molecule has 1 amide bonds. The van der Waals surface area contributed by atoms with Gasteiger partial charge in [0.05, 0.1) is 36.9 Å². The number of anilines is 2. The molecule has 3 aromatic rings. The van der Waals surface area contributed by atoms with E-state index >= 15 is 0 Å². The van der Waals surface area contributed by atoms with Crippen molar-refractivity contribution in [1.29, 1.82) is 5.26 Å². The van der Waals surface area contributed by atoms with Crippen molar-refractivity contribution in [2.24, 2.45) is 0 Å². The van der Waals surface area contributed by atoms with Gasteiger partial charge in [-0.3, -0.25) is 4.79 Å². The second kappa shape index (κ2) is 9.41. The Morgan fingerprint density at radius 3 is 2.48 bits per heavy atom. The lowest BCUT2D eigenvalue weighted by atomic mass is 10.0. The van der Waals surface area contributed by atoms with Crippen LogP contribution >= 0.6 is 0 Å². The minimum atomic E-state index is -1.11. The molecule has 1 aromatic heterocycles. The minimum Gasteiger partial charge on any atom is -0.494 e. The molecule has 1 unspecified atom stereocenters. The number of carbonyl (C=O) groups excluding carboxylic acids is 1. The van der Waals surface area contributed by atoms with E-state index in [0.717, 1.165) is 5.52 Å². The minimum absolute atomic E-state index is 0.353. The molecule has 158 valence electrons. The highest BCUT2D eigenvalue weighted by Crippen LogP contribution is 2.29. The van der Waals surface area contributed by atoms with Crippen LogP contribution in [0.4, 0.5) is 11.5 Å². The first-order valence-corrected chi connectivity index (χ1v) is 10.2. The zero-order valence-corrected chi connectivity index (χ0v) is 17.2. The van der Waals surface area contributed by atoms with Gasteiger partial charge in [0.1, 0.15) is 11.4 Å². The smallest absolute Gasteiger partial charge is 0.248 e. The van der Waals surface area contributed by atoms with Crippen molar-refractivity contribution >= 4 is 28.4 Å². The van der Waals surface area contributed by atoms with Gasteiger partial charge in [-0.05, 0) is 43.3 Å². The largest absolute Gasteiger partial charge is 0.494 e. The van der Waals surface area contributed by atoms with E-state index in [1.54, 1.807) is 24.3 Å². The Morgan fingerprint density at radius 1 is 1.16 bits per heavy atom. The van der Waals surface area contributed by atoms with Gasteiger partial charge < -0.3 is 19.7 Å². The number of rotatable bonds is 6. The van der Waals surface area contributed by atoms with Gasteiger partial charge in [0.15, 0.2) is 11.7 Å². The number of fused-ring (bicyclic) bond motifs is 1. The molecule has 0 bridgehead atoms. The van der Waals surface area contributed by atoms with Crippen LogP contribution < -0.4 is 15.0 Å². The number of para-hydroxylation sites is 2. The fourth-order valence-corrected chi connectivity index (χ4v) is 3.47. The molecular weight excluding hydrogens is 394 g/mol. The summed E-state index contributed by atoms with van der Waals surface area (Å²) in [7, 11) is 0. The van der Waals surface area contributed by atoms with E-state index in [-0.39, 0.29) is 0 Å². The van der Waals surface area contributed by atoms with Crippen LogP contribution in [0.15, 0.2) is 48.5 Å². The molecule has 31 heavy (non-hydrogen) atoms. The van der Waals surface area contributed by atoms with Crippen molar-refractivity contribution in [3.8, 4) is 11.8 Å². The fraction of sp³-hybridized carbons (Fsp3) is 0.304. The summed E-state index contributed by atoms with van der Waals surface area (Å²) in [6.07, 6.45) is 0. The third-order valence-corrected chi connectivity index (χ3v) is 4.99. The fourth-order valence-electron chi connectivity index (χ4n) is 3.47. The summed E-state index contributed by atoms with van der Waals surface area (Å²) in [5.41, 5.74) is 2.29. The number of nitrogens with zero attached hydrogens (tertiary/aromatic N) is 4. The molecule has 0 radical (unpaired) electrons. The van der Waals surface area contributed by atoms with Crippen molar-refractivity contribution in [2.75, 3.05) is 43.1 Å². The number of benzene rings is 2. The number of amides is 1. The lowest BCUT2D eigenvalue weighted by Gasteiger charge is -2.29. The predicted molar refractivity (Wildman–Crippen MR) is 117 cm³/mol. The summed E-state index contributed by atoms with van der Waals surface area (Å²) in [5, 5.41) is 12.7. The zero-order chi connectivity index (χ0) is 21.6. The molecule has 0 spiro atoms. The van der Waals surface area contributed by atoms with Gasteiger partial charge >= 0.3 is 0 Å². The number of nitriles is 1. The SMILES string of the molecule is CCOc1ccc(NC(=O)C(C#N)c2nc3ccccc3nc2N2CCOCC2)cc1. The summed E-state index contributed by atoms with van der Waals surface area (Å²) >= 11 is 0. The van der Waals surface area contributed by atoms with Crippen LogP contribution in [0.1, 0.15) is 18.5 Å². The summed E-state index contributed by atoms with van der Waals surface area (Å²) in [6, 6.07) is 16.6. The Bertz CT molecular complexity index is 1100. The maximum atomic E-state index is 13.1. The van der Waals surface area contributed by atoms with Crippen molar-refractivity contribution in [1.82, 2.24) is 9.97 Å². The molecule has 1 aliphatic rings. The number of aromatic nitrogens is 2. The number of nitrogens with one attached hydrogen (secondary N) is 1. The number of morpholine rings is 1. The van der Waals surface area contributed by atoms with Gasteiger partial charge in [-0.2, -0.15) is 5.26 Å². The standard InChI is InChI=1S/C23H23N5O3/c1-2-31-17-9-7-16(8-10-17)25-23(29)18(15-24)21-22(28-11-13-30-14-12-28)27-20-6-4-3-5-19(20)26-21/h3-10,18H,2,11-14H2,1H3,(H,25,29). The molecule has 2 heterocycles. The molecule has 1 aliphatic heterocycles. The molecule has 1 fully saturated rings. The van der Waals surface area contributed by atoms with Crippen LogP contribution in [0.2, 0.25) is 0 Å². The Labute approximate surface area is 180 Å². The normalized spacial score (nSPS) is 14.6. The topological polar surface area (TPSA) is 100 Å². The lowest BCUT2D eigenvalue weighted by molar-refractivity contribution is -0.116. The predicted octanol–water partition coefficient (Wildman–Crippen LogP) is 3.11. The summed E-state index contributed by atoms with van der Waals surface area (Å²) in [6.45, 7) is 4.83. The van der Waals surface area contributed by atoms with E-state index in [0.29, 0.717) is 61.4 Å². The highest BCUT2D eigenvalue weighted by atomic mass is 16.5. The average molecular weight is 417 g/mol. The molecule has 8 nitrogen and oxygen atoms in total. The number of carbonyl (C=O) groups is 1. The molecule has 2 aromatic carbocycles. The lowest BCUT2D eigenvalue weighted by Crippen LogP contribution is -2.38. The van der Waals surface area contributed by atoms with E-state index in [2.05, 4.69) is 16.4 Å². The molecule has 0 saturated carbocycles. The monoisotopic (exact) mass is 417 g/mol. The number of hydrogen-bond donors (Lipinski definition) is 1. The third kappa shape index (κ3) is 4.57. The van der Waals surface area contributed by atoms with Crippen LogP contribution in [0.25, 0.3) is 11.0 Å². The summed E-state index contributed by atoms with van der Waals surface area (Å²) < 4.78 is 10.9. The van der Waals surface area contributed by atoms with Gasteiger partial charge in [0.25, 0.3) is 0 Å². The molecule has 1 saturated heterocycles. The van der Waals surface area contributed by atoms with Gasteiger partial charge in [-0.1, -0.05) is 12.1 Å². The Morgan fingerprint density at radius 2 is 1.84 bits per heavy atom. The highest BCUT2D eigenvalue weighted by Gasteiger charge is 2.29. The van der Waals surface area contributed by atoms with Crippen LogP contribution in [-0.2, 0) is 9.53 Å². The zero-order valence-electron chi connectivity index (χ0n) is 17.2. The van der Waals surface area contributed by atoms with Crippen LogP contribution in [0.5, 0.6) is 5.75 Å². The summed E-state index contributed by atoms with van der Waals surface area (Å²) in [5.74, 6) is -0.296. The molecule has 0 aliphatic carbocycles. The molecular formula is C23H23N5O3.